The number of hydrogen-bond donors (Lipinski definition) is 1. The number of nitrogens with one attached hydrogen (secondary N) is 1. The molecular weight excluding hydrogens is 214 g/mol. The van der Waals surface area contributed by atoms with Gasteiger partial charge in [0.2, 0.25) is 5.91 Å². The molecule has 4 nitrogen and oxygen atoms in total. The Morgan fingerprint density at radius 3 is 2.71 bits per heavy atom. The van der Waals surface area contributed by atoms with Crippen LogP contribution in [0.1, 0.15) is 19.5 Å². The number of rotatable bonds is 5. The maximum Gasteiger partial charge on any atom is 0.242 e. The lowest BCUT2D eigenvalue weighted by molar-refractivity contribution is -0.135. The van der Waals surface area contributed by atoms with Crippen molar-refractivity contribution >= 4 is 5.91 Å². The molecule has 0 radical (unpaired) electrons. The van der Waals surface area contributed by atoms with E-state index in [4.69, 9.17) is 0 Å². The van der Waals surface area contributed by atoms with E-state index in [0.717, 1.165) is 12.1 Å². The van der Waals surface area contributed by atoms with Crippen LogP contribution in [0.2, 0.25) is 0 Å². The molecule has 0 aliphatic carbocycles. The Labute approximate surface area is 103 Å². The Balaban J connectivity index is 2.50. The molecule has 4 heteroatoms. The van der Waals surface area contributed by atoms with Crippen molar-refractivity contribution < 1.29 is 4.79 Å². The molecule has 0 fully saturated rings. The Kier molecular flexibility index (Phi) is 4.63. The van der Waals surface area contributed by atoms with Gasteiger partial charge in [0, 0.05) is 31.9 Å². The van der Waals surface area contributed by atoms with Crippen molar-refractivity contribution in [3.63, 3.8) is 0 Å². The third-order valence-corrected chi connectivity index (χ3v) is 2.94. The van der Waals surface area contributed by atoms with Crippen molar-refractivity contribution in [2.24, 2.45) is 0 Å². The zero-order chi connectivity index (χ0) is 12.9. The Hall–Kier alpha value is -1.42. The fourth-order valence-electron chi connectivity index (χ4n) is 1.51. The van der Waals surface area contributed by atoms with Gasteiger partial charge in [0.1, 0.15) is 0 Å². The molecule has 0 aliphatic rings. The van der Waals surface area contributed by atoms with Crippen molar-refractivity contribution in [2.75, 3.05) is 20.6 Å². The fraction of sp³-hybridized carbons (Fsp3) is 0.538. The summed E-state index contributed by atoms with van der Waals surface area (Å²) in [5.74, 6) is 0.0935. The number of likely N-dealkylation sites (N-methyl/N-ethyl adjacent to an activating group) is 2. The lowest BCUT2D eigenvalue weighted by Gasteiger charge is -2.28. The van der Waals surface area contributed by atoms with Crippen molar-refractivity contribution in [1.29, 1.82) is 0 Å². The van der Waals surface area contributed by atoms with Crippen LogP contribution >= 0.6 is 0 Å². The zero-order valence-electron chi connectivity index (χ0n) is 11.0. The van der Waals surface area contributed by atoms with Crippen LogP contribution < -0.4 is 5.32 Å². The standard InChI is InChI=1S/C13H21N3O/c1-13(2,14-3)12(17)16(4)10-8-11-7-5-6-9-15-11/h5-7,9,14H,8,10H2,1-4H3. The van der Waals surface area contributed by atoms with Crippen molar-refractivity contribution in [3.05, 3.63) is 30.1 Å². The van der Waals surface area contributed by atoms with E-state index in [0.29, 0.717) is 6.54 Å². The summed E-state index contributed by atoms with van der Waals surface area (Å²) in [7, 11) is 3.62. The normalized spacial score (nSPS) is 11.3. The molecule has 0 saturated heterocycles. The number of carbonyl (C=O) groups excluding carboxylic acids is 1. The lowest BCUT2D eigenvalue weighted by Crippen LogP contribution is -2.52. The number of pyridine rings is 1. The molecule has 0 spiro atoms. The van der Waals surface area contributed by atoms with Gasteiger partial charge in [-0.2, -0.15) is 0 Å². The van der Waals surface area contributed by atoms with Crippen molar-refractivity contribution in [2.45, 2.75) is 25.8 Å². The summed E-state index contributed by atoms with van der Waals surface area (Å²) in [4.78, 5) is 18.0. The summed E-state index contributed by atoms with van der Waals surface area (Å²) < 4.78 is 0. The van der Waals surface area contributed by atoms with Crippen LogP contribution in [0.4, 0.5) is 0 Å². The van der Waals surface area contributed by atoms with Gasteiger partial charge in [-0.25, -0.2) is 0 Å². The lowest BCUT2D eigenvalue weighted by atomic mass is 10.0. The van der Waals surface area contributed by atoms with Gasteiger partial charge in [-0.05, 0) is 33.0 Å². The number of aromatic nitrogens is 1. The molecule has 0 aliphatic heterocycles. The van der Waals surface area contributed by atoms with E-state index < -0.39 is 5.54 Å². The van der Waals surface area contributed by atoms with E-state index in [1.807, 2.05) is 39.1 Å². The van der Waals surface area contributed by atoms with Crippen LogP contribution in [0.3, 0.4) is 0 Å². The summed E-state index contributed by atoms with van der Waals surface area (Å²) in [5.41, 5.74) is 0.494. The molecule has 94 valence electrons. The topological polar surface area (TPSA) is 45.2 Å². The van der Waals surface area contributed by atoms with Crippen molar-refractivity contribution in [3.8, 4) is 0 Å². The minimum Gasteiger partial charge on any atom is -0.344 e. The molecule has 1 N–H and O–H groups in total. The number of carbonyl (C=O) groups is 1. The summed E-state index contributed by atoms with van der Waals surface area (Å²) >= 11 is 0. The third-order valence-electron chi connectivity index (χ3n) is 2.94. The molecule has 1 aromatic rings. The van der Waals surface area contributed by atoms with E-state index in [9.17, 15) is 4.79 Å². The van der Waals surface area contributed by atoms with Gasteiger partial charge < -0.3 is 10.2 Å². The Morgan fingerprint density at radius 2 is 2.18 bits per heavy atom. The Bertz CT molecular complexity index is 362. The van der Waals surface area contributed by atoms with Gasteiger partial charge in [0.05, 0.1) is 5.54 Å². The molecule has 0 bridgehead atoms. The summed E-state index contributed by atoms with van der Waals surface area (Å²) in [6.45, 7) is 4.44. The summed E-state index contributed by atoms with van der Waals surface area (Å²) in [5, 5.41) is 3.01. The van der Waals surface area contributed by atoms with Crippen LogP contribution in [-0.2, 0) is 11.2 Å². The second-order valence-electron chi connectivity index (χ2n) is 4.67. The van der Waals surface area contributed by atoms with Crippen LogP contribution in [0, 0.1) is 0 Å². The highest BCUT2D eigenvalue weighted by Gasteiger charge is 2.28. The van der Waals surface area contributed by atoms with Gasteiger partial charge in [-0.3, -0.25) is 9.78 Å². The predicted octanol–water partition coefficient (Wildman–Crippen LogP) is 1.08. The highest BCUT2D eigenvalue weighted by atomic mass is 16.2. The smallest absolute Gasteiger partial charge is 0.242 e. The van der Waals surface area contributed by atoms with E-state index in [2.05, 4.69) is 10.3 Å². The minimum atomic E-state index is -0.515. The van der Waals surface area contributed by atoms with Crippen LogP contribution in [0.15, 0.2) is 24.4 Å². The molecule has 1 amide bonds. The largest absolute Gasteiger partial charge is 0.344 e. The number of hydrogen-bond acceptors (Lipinski definition) is 3. The van der Waals surface area contributed by atoms with Crippen LogP contribution in [-0.4, -0.2) is 42.0 Å². The maximum atomic E-state index is 12.1. The second kappa shape index (κ2) is 5.77. The summed E-state index contributed by atoms with van der Waals surface area (Å²) in [6.07, 6.45) is 2.55. The first-order valence-electron chi connectivity index (χ1n) is 5.82. The molecule has 0 aromatic carbocycles. The van der Waals surface area contributed by atoms with E-state index in [1.165, 1.54) is 0 Å². The highest BCUT2D eigenvalue weighted by molar-refractivity contribution is 5.85. The quantitative estimate of drug-likeness (QED) is 0.830. The van der Waals surface area contributed by atoms with Gasteiger partial charge in [-0.1, -0.05) is 6.07 Å². The molecule has 1 heterocycles. The Morgan fingerprint density at radius 1 is 1.47 bits per heavy atom. The number of amides is 1. The highest BCUT2D eigenvalue weighted by Crippen LogP contribution is 2.06. The number of nitrogens with zero attached hydrogens (tertiary/aromatic N) is 2. The van der Waals surface area contributed by atoms with E-state index in [1.54, 1.807) is 18.1 Å². The molecule has 17 heavy (non-hydrogen) atoms. The molecular formula is C13H21N3O. The van der Waals surface area contributed by atoms with Crippen LogP contribution in [0.25, 0.3) is 0 Å². The second-order valence-corrected chi connectivity index (χ2v) is 4.67. The molecule has 0 unspecified atom stereocenters. The molecule has 1 rings (SSSR count). The SMILES string of the molecule is CNC(C)(C)C(=O)N(C)CCc1ccccn1. The zero-order valence-corrected chi connectivity index (χ0v) is 11.0. The first kappa shape index (κ1) is 13.6. The van der Waals surface area contributed by atoms with E-state index in [-0.39, 0.29) is 5.91 Å². The maximum absolute atomic E-state index is 12.1. The molecule has 0 atom stereocenters. The van der Waals surface area contributed by atoms with Crippen molar-refractivity contribution in [1.82, 2.24) is 15.2 Å². The van der Waals surface area contributed by atoms with Gasteiger partial charge in [0.15, 0.2) is 0 Å². The molecule has 1 aromatic heterocycles. The van der Waals surface area contributed by atoms with Gasteiger partial charge in [-0.15, -0.1) is 0 Å². The fourth-order valence-corrected chi connectivity index (χ4v) is 1.51. The third kappa shape index (κ3) is 3.82. The summed E-state index contributed by atoms with van der Waals surface area (Å²) in [6, 6.07) is 5.83. The minimum absolute atomic E-state index is 0.0935. The average Bonchev–Trinajstić information content (AvgIpc) is 2.36. The van der Waals surface area contributed by atoms with E-state index >= 15 is 0 Å². The first-order chi connectivity index (χ1) is 7.97. The first-order valence-corrected chi connectivity index (χ1v) is 5.82. The van der Waals surface area contributed by atoms with Gasteiger partial charge >= 0.3 is 0 Å². The van der Waals surface area contributed by atoms with Crippen LogP contribution in [0.5, 0.6) is 0 Å². The monoisotopic (exact) mass is 235 g/mol. The predicted molar refractivity (Wildman–Crippen MR) is 68.7 cm³/mol. The van der Waals surface area contributed by atoms with Gasteiger partial charge in [0.25, 0.3) is 0 Å². The average molecular weight is 235 g/mol. The molecule has 0 saturated carbocycles.